The van der Waals surface area contributed by atoms with Crippen molar-refractivity contribution in [1.29, 1.82) is 0 Å². The van der Waals surface area contributed by atoms with Crippen LogP contribution in [0.4, 0.5) is 5.95 Å². The second kappa shape index (κ2) is 10.3. The van der Waals surface area contributed by atoms with Crippen LogP contribution in [0.2, 0.25) is 0 Å². The van der Waals surface area contributed by atoms with Crippen molar-refractivity contribution < 1.29 is 14.3 Å². The number of methoxy groups -OCH3 is 1. The van der Waals surface area contributed by atoms with Gasteiger partial charge in [0.15, 0.2) is 0 Å². The van der Waals surface area contributed by atoms with Crippen LogP contribution in [-0.4, -0.2) is 51.4 Å². The fourth-order valence-corrected chi connectivity index (χ4v) is 5.51. The van der Waals surface area contributed by atoms with E-state index in [2.05, 4.69) is 21.4 Å². The van der Waals surface area contributed by atoms with E-state index in [1.54, 1.807) is 19.4 Å². The fraction of sp³-hybridized carbons (Fsp3) is 0.259. The Kier molecular flexibility index (Phi) is 6.81. The number of hydrogen-bond donors (Lipinski definition) is 1. The number of hydrogen-bond acceptors (Lipinski definition) is 6. The van der Waals surface area contributed by atoms with Crippen LogP contribution in [0.3, 0.4) is 0 Å². The van der Waals surface area contributed by atoms with Crippen molar-refractivity contribution in [3.63, 3.8) is 0 Å². The summed E-state index contributed by atoms with van der Waals surface area (Å²) in [5.41, 5.74) is 2.72. The molecule has 1 saturated heterocycles. The average molecular weight is 502 g/mol. The molecular formula is C27H27N5O3S. The number of carbonyl (C=O) groups is 2. The van der Waals surface area contributed by atoms with Crippen molar-refractivity contribution in [2.75, 3.05) is 25.5 Å². The number of imidazole rings is 1. The van der Waals surface area contributed by atoms with E-state index in [1.165, 1.54) is 17.4 Å². The molecule has 0 saturated carbocycles. The number of rotatable bonds is 6. The van der Waals surface area contributed by atoms with Crippen LogP contribution in [0, 0.1) is 0 Å². The van der Waals surface area contributed by atoms with Gasteiger partial charge in [-0.1, -0.05) is 18.7 Å². The van der Waals surface area contributed by atoms with Gasteiger partial charge < -0.3 is 14.2 Å². The zero-order chi connectivity index (χ0) is 25.1. The first-order valence-electron chi connectivity index (χ1n) is 11.9. The summed E-state index contributed by atoms with van der Waals surface area (Å²) in [5, 5.41) is 3.05. The van der Waals surface area contributed by atoms with Gasteiger partial charge in [0.05, 0.1) is 23.0 Å². The molecule has 0 aliphatic carbocycles. The van der Waals surface area contributed by atoms with Crippen molar-refractivity contribution in [3.8, 4) is 16.3 Å². The molecule has 0 radical (unpaired) electrons. The molecule has 1 N–H and O–H groups in total. The first-order valence-corrected chi connectivity index (χ1v) is 12.7. The standard InChI is InChI=1S/C27H27N5O3S/c1-3-25(33)31-15-6-7-19(14-16-31)32-21-9-5-4-8-20(21)29-27(32)30-26(34)23-12-11-22(36-23)18-10-13-24(35-2)28-17-18/h3-5,8-13,17,19H,1,6-7,14-16H2,2H3,(H,29,30,34)/t19-/m1/s1. The van der Waals surface area contributed by atoms with Crippen LogP contribution in [0.1, 0.15) is 35.0 Å². The van der Waals surface area contributed by atoms with Crippen molar-refractivity contribution in [3.05, 3.63) is 72.3 Å². The average Bonchev–Trinajstić information content (AvgIpc) is 3.47. The number of thiophene rings is 1. The summed E-state index contributed by atoms with van der Waals surface area (Å²) < 4.78 is 7.25. The molecular weight excluding hydrogens is 474 g/mol. The third-order valence-corrected chi connectivity index (χ3v) is 7.56. The maximum atomic E-state index is 13.3. The Hall–Kier alpha value is -3.98. The fourth-order valence-electron chi connectivity index (χ4n) is 4.61. The number of nitrogens with zero attached hydrogens (tertiary/aromatic N) is 4. The quantitative estimate of drug-likeness (QED) is 0.369. The number of likely N-dealkylation sites (tertiary alicyclic amines) is 1. The second-order valence-corrected chi connectivity index (χ2v) is 9.70. The van der Waals surface area contributed by atoms with Gasteiger partial charge in [-0.05, 0) is 55.7 Å². The first-order chi connectivity index (χ1) is 17.6. The predicted molar refractivity (Wildman–Crippen MR) is 141 cm³/mol. The van der Waals surface area contributed by atoms with Crippen molar-refractivity contribution in [2.24, 2.45) is 0 Å². The predicted octanol–water partition coefficient (Wildman–Crippen LogP) is 5.16. The van der Waals surface area contributed by atoms with E-state index in [0.29, 0.717) is 29.8 Å². The van der Waals surface area contributed by atoms with Gasteiger partial charge in [-0.15, -0.1) is 11.3 Å². The molecule has 1 fully saturated rings. The topological polar surface area (TPSA) is 89.4 Å². The molecule has 8 nitrogen and oxygen atoms in total. The molecule has 4 heterocycles. The summed E-state index contributed by atoms with van der Waals surface area (Å²) >= 11 is 1.40. The molecule has 1 aliphatic rings. The molecule has 184 valence electrons. The highest BCUT2D eigenvalue weighted by Gasteiger charge is 2.25. The molecule has 0 unspecified atom stereocenters. The minimum atomic E-state index is -0.207. The van der Waals surface area contributed by atoms with Gasteiger partial charge in [-0.25, -0.2) is 9.97 Å². The van der Waals surface area contributed by atoms with Crippen LogP contribution in [-0.2, 0) is 4.79 Å². The summed E-state index contributed by atoms with van der Waals surface area (Å²) in [5.74, 6) is 0.819. The first kappa shape index (κ1) is 23.7. The van der Waals surface area contributed by atoms with Crippen LogP contribution in [0.25, 0.3) is 21.5 Å². The number of amides is 2. The van der Waals surface area contributed by atoms with E-state index >= 15 is 0 Å². The summed E-state index contributed by atoms with van der Waals surface area (Å²) in [6.45, 7) is 4.96. The maximum Gasteiger partial charge on any atom is 0.268 e. The Balaban J connectivity index is 1.40. The number of ether oxygens (including phenoxy) is 1. The summed E-state index contributed by atoms with van der Waals surface area (Å²) in [7, 11) is 1.58. The van der Waals surface area contributed by atoms with Crippen molar-refractivity contribution in [2.45, 2.75) is 25.3 Å². The molecule has 1 aromatic carbocycles. The van der Waals surface area contributed by atoms with E-state index in [4.69, 9.17) is 9.72 Å². The van der Waals surface area contributed by atoms with E-state index in [9.17, 15) is 9.59 Å². The summed E-state index contributed by atoms with van der Waals surface area (Å²) in [6, 6.07) is 15.5. The highest BCUT2D eigenvalue weighted by molar-refractivity contribution is 7.17. The van der Waals surface area contributed by atoms with E-state index < -0.39 is 0 Å². The highest BCUT2D eigenvalue weighted by atomic mass is 32.1. The van der Waals surface area contributed by atoms with Gasteiger partial charge in [0, 0.05) is 41.8 Å². The molecule has 3 aromatic heterocycles. The SMILES string of the molecule is C=CC(=O)N1CCC[C@@H](n2c(NC(=O)c3ccc(-c4ccc(OC)nc4)s3)nc3ccccc32)CC1. The normalized spacial score (nSPS) is 15.9. The summed E-state index contributed by atoms with van der Waals surface area (Å²) in [4.78, 5) is 37.8. The smallest absolute Gasteiger partial charge is 0.268 e. The number of carbonyl (C=O) groups excluding carboxylic acids is 2. The lowest BCUT2D eigenvalue weighted by molar-refractivity contribution is -0.125. The number of benzene rings is 1. The zero-order valence-electron chi connectivity index (χ0n) is 20.0. The molecule has 5 rings (SSSR count). The van der Waals surface area contributed by atoms with E-state index in [0.717, 1.165) is 40.7 Å². The minimum Gasteiger partial charge on any atom is -0.481 e. The summed E-state index contributed by atoms with van der Waals surface area (Å²) in [6.07, 6.45) is 5.64. The van der Waals surface area contributed by atoms with Crippen molar-refractivity contribution in [1.82, 2.24) is 19.4 Å². The zero-order valence-corrected chi connectivity index (χ0v) is 20.8. The maximum absolute atomic E-state index is 13.3. The molecule has 0 bridgehead atoms. The van der Waals surface area contributed by atoms with E-state index in [1.807, 2.05) is 47.4 Å². The van der Waals surface area contributed by atoms with Gasteiger partial charge in [0.1, 0.15) is 0 Å². The number of anilines is 1. The lowest BCUT2D eigenvalue weighted by atomic mass is 10.1. The third-order valence-electron chi connectivity index (χ3n) is 6.43. The largest absolute Gasteiger partial charge is 0.481 e. The molecule has 1 atom stereocenters. The van der Waals surface area contributed by atoms with E-state index in [-0.39, 0.29) is 17.9 Å². The lowest BCUT2D eigenvalue weighted by Gasteiger charge is -2.21. The number of pyridine rings is 1. The third kappa shape index (κ3) is 4.74. The van der Waals surface area contributed by atoms with Gasteiger partial charge >= 0.3 is 0 Å². The Morgan fingerprint density at radius 3 is 2.78 bits per heavy atom. The number of nitrogens with one attached hydrogen (secondary N) is 1. The molecule has 2 amide bonds. The Bertz CT molecular complexity index is 1410. The lowest BCUT2D eigenvalue weighted by Crippen LogP contribution is -2.30. The Labute approximate surface area is 213 Å². The molecule has 4 aromatic rings. The second-order valence-electron chi connectivity index (χ2n) is 8.62. The molecule has 9 heteroatoms. The van der Waals surface area contributed by atoms with Gasteiger partial charge in [0.2, 0.25) is 17.7 Å². The van der Waals surface area contributed by atoms with Gasteiger partial charge in [-0.2, -0.15) is 0 Å². The van der Waals surface area contributed by atoms with Crippen LogP contribution in [0.15, 0.2) is 67.4 Å². The van der Waals surface area contributed by atoms with Gasteiger partial charge in [0.25, 0.3) is 5.91 Å². The Morgan fingerprint density at radius 1 is 1.14 bits per heavy atom. The van der Waals surface area contributed by atoms with Crippen molar-refractivity contribution >= 4 is 40.1 Å². The molecule has 0 spiro atoms. The van der Waals surface area contributed by atoms with Gasteiger partial charge in [-0.3, -0.25) is 14.9 Å². The molecule has 36 heavy (non-hydrogen) atoms. The Morgan fingerprint density at radius 2 is 2.00 bits per heavy atom. The van der Waals surface area contributed by atoms with Crippen LogP contribution < -0.4 is 10.1 Å². The van der Waals surface area contributed by atoms with Crippen LogP contribution in [0.5, 0.6) is 5.88 Å². The highest BCUT2D eigenvalue weighted by Crippen LogP contribution is 2.33. The number of fused-ring (bicyclic) bond motifs is 1. The number of para-hydroxylation sites is 2. The minimum absolute atomic E-state index is 0.0415. The molecule has 1 aliphatic heterocycles. The monoisotopic (exact) mass is 501 g/mol. The number of aromatic nitrogens is 3. The van der Waals surface area contributed by atoms with Crippen LogP contribution >= 0.6 is 11.3 Å².